The number of hydrogen-bond donors (Lipinski definition) is 2. The highest BCUT2D eigenvalue weighted by Crippen LogP contribution is 2.22. The molecule has 0 spiro atoms. The van der Waals surface area contributed by atoms with Gasteiger partial charge in [-0.25, -0.2) is 13.8 Å². The molecule has 0 atom stereocenters. The summed E-state index contributed by atoms with van der Waals surface area (Å²) in [5, 5.41) is 9.78. The largest absolute Gasteiger partial charge is 0.365 e. The summed E-state index contributed by atoms with van der Waals surface area (Å²) in [6, 6.07) is 9.56. The van der Waals surface area contributed by atoms with Gasteiger partial charge in [-0.3, -0.25) is 10.1 Å². The Balaban J connectivity index is 1.54. The lowest BCUT2D eigenvalue weighted by Crippen LogP contribution is -2.03. The minimum Gasteiger partial charge on any atom is -0.365 e. The Hall–Kier alpha value is -3.35. The van der Waals surface area contributed by atoms with E-state index in [1.807, 2.05) is 24.4 Å². The van der Waals surface area contributed by atoms with E-state index in [1.165, 1.54) is 6.07 Å². The molecule has 124 valence electrons. The molecule has 2 heterocycles. The minimum absolute atomic E-state index is 0.324. The predicted molar refractivity (Wildman–Crippen MR) is 90.8 cm³/mol. The van der Waals surface area contributed by atoms with Crippen molar-refractivity contribution < 1.29 is 8.78 Å². The molecule has 0 aliphatic rings. The van der Waals surface area contributed by atoms with E-state index in [0.717, 1.165) is 34.3 Å². The van der Waals surface area contributed by atoms with E-state index in [2.05, 4.69) is 25.5 Å². The van der Waals surface area contributed by atoms with Crippen molar-refractivity contribution in [1.82, 2.24) is 20.2 Å². The van der Waals surface area contributed by atoms with E-state index in [4.69, 9.17) is 0 Å². The zero-order valence-electron chi connectivity index (χ0n) is 13.0. The molecule has 5 nitrogen and oxygen atoms in total. The summed E-state index contributed by atoms with van der Waals surface area (Å²) in [7, 11) is 0. The third-order valence-corrected chi connectivity index (χ3v) is 3.83. The highest BCUT2D eigenvalue weighted by Gasteiger charge is 2.05. The van der Waals surface area contributed by atoms with Crippen LogP contribution in [-0.4, -0.2) is 20.2 Å². The highest BCUT2D eigenvalue weighted by molar-refractivity contribution is 5.81. The first-order chi connectivity index (χ1) is 12.2. The molecular weight excluding hydrogens is 324 g/mol. The van der Waals surface area contributed by atoms with Crippen LogP contribution in [0.3, 0.4) is 0 Å². The Morgan fingerprint density at radius 2 is 1.84 bits per heavy atom. The van der Waals surface area contributed by atoms with Crippen LogP contribution in [0.2, 0.25) is 0 Å². The Labute approximate surface area is 141 Å². The number of H-pyrrole nitrogens is 1. The second kappa shape index (κ2) is 6.27. The molecule has 7 heteroatoms. The van der Waals surface area contributed by atoms with E-state index < -0.39 is 11.6 Å². The summed E-state index contributed by atoms with van der Waals surface area (Å²) in [5.74, 6) is -1.16. The van der Waals surface area contributed by atoms with Gasteiger partial charge in [0.05, 0.1) is 23.4 Å². The number of aromatic amines is 1. The van der Waals surface area contributed by atoms with Gasteiger partial charge < -0.3 is 5.32 Å². The van der Waals surface area contributed by atoms with Crippen molar-refractivity contribution in [3.05, 3.63) is 72.2 Å². The maximum absolute atomic E-state index is 13.2. The topological polar surface area (TPSA) is 66.5 Å². The van der Waals surface area contributed by atoms with Gasteiger partial charge >= 0.3 is 0 Å². The molecule has 4 aromatic rings. The summed E-state index contributed by atoms with van der Waals surface area (Å²) in [4.78, 5) is 8.89. The maximum Gasteiger partial charge on any atom is 0.159 e. The zero-order valence-corrected chi connectivity index (χ0v) is 13.0. The molecule has 0 saturated carbocycles. The van der Waals surface area contributed by atoms with Crippen LogP contribution in [0.1, 0.15) is 5.56 Å². The molecule has 25 heavy (non-hydrogen) atoms. The fourth-order valence-corrected chi connectivity index (χ4v) is 2.53. The van der Waals surface area contributed by atoms with Crippen molar-refractivity contribution in [2.75, 3.05) is 5.32 Å². The second-order valence-electron chi connectivity index (χ2n) is 5.55. The molecule has 0 unspecified atom stereocenters. The molecule has 4 rings (SSSR count). The zero-order chi connectivity index (χ0) is 17.2. The SMILES string of the molecule is Fc1ccc(CNc2cnc3cc(-c4cn[nH]c4)ccc3n2)cc1F. The van der Waals surface area contributed by atoms with E-state index in [0.29, 0.717) is 17.9 Å². The van der Waals surface area contributed by atoms with Crippen LogP contribution >= 0.6 is 0 Å². The lowest BCUT2D eigenvalue weighted by atomic mass is 10.1. The normalized spacial score (nSPS) is 11.0. The van der Waals surface area contributed by atoms with Crippen LogP contribution in [0.15, 0.2) is 55.0 Å². The van der Waals surface area contributed by atoms with Crippen LogP contribution in [0.5, 0.6) is 0 Å². The molecule has 0 radical (unpaired) electrons. The highest BCUT2D eigenvalue weighted by atomic mass is 19.2. The van der Waals surface area contributed by atoms with Crippen molar-refractivity contribution in [1.29, 1.82) is 0 Å². The van der Waals surface area contributed by atoms with Crippen LogP contribution in [0.25, 0.3) is 22.2 Å². The van der Waals surface area contributed by atoms with Gasteiger partial charge in [0.2, 0.25) is 0 Å². The van der Waals surface area contributed by atoms with Gasteiger partial charge in [-0.15, -0.1) is 0 Å². The number of rotatable bonds is 4. The number of hydrogen-bond acceptors (Lipinski definition) is 4. The molecule has 0 saturated heterocycles. The van der Waals surface area contributed by atoms with Gasteiger partial charge in [-0.1, -0.05) is 12.1 Å². The predicted octanol–water partition coefficient (Wildman–Crippen LogP) is 3.91. The van der Waals surface area contributed by atoms with E-state index in [1.54, 1.807) is 12.4 Å². The molecule has 2 aromatic heterocycles. The Morgan fingerprint density at radius 1 is 0.920 bits per heavy atom. The lowest BCUT2D eigenvalue weighted by molar-refractivity contribution is 0.507. The molecule has 2 aromatic carbocycles. The molecule has 0 fully saturated rings. The van der Waals surface area contributed by atoms with E-state index >= 15 is 0 Å². The summed E-state index contributed by atoms with van der Waals surface area (Å²) in [6.07, 6.45) is 5.17. The van der Waals surface area contributed by atoms with Crippen molar-refractivity contribution in [2.24, 2.45) is 0 Å². The Kier molecular flexibility index (Phi) is 3.81. The quantitative estimate of drug-likeness (QED) is 0.592. The van der Waals surface area contributed by atoms with Gasteiger partial charge in [0.15, 0.2) is 11.6 Å². The number of fused-ring (bicyclic) bond motifs is 1. The number of anilines is 1. The van der Waals surface area contributed by atoms with Crippen molar-refractivity contribution in [3.8, 4) is 11.1 Å². The second-order valence-corrected chi connectivity index (χ2v) is 5.55. The van der Waals surface area contributed by atoms with Crippen molar-refractivity contribution >= 4 is 16.9 Å². The van der Waals surface area contributed by atoms with Gasteiger partial charge in [0.25, 0.3) is 0 Å². The fraction of sp³-hybridized carbons (Fsp3) is 0.0556. The number of nitrogens with zero attached hydrogens (tertiary/aromatic N) is 3. The smallest absolute Gasteiger partial charge is 0.159 e. The number of halogens is 2. The van der Waals surface area contributed by atoms with E-state index in [-0.39, 0.29) is 0 Å². The number of aromatic nitrogens is 4. The summed E-state index contributed by atoms with van der Waals surface area (Å²) < 4.78 is 26.2. The Morgan fingerprint density at radius 3 is 2.64 bits per heavy atom. The maximum atomic E-state index is 13.2. The third-order valence-electron chi connectivity index (χ3n) is 3.83. The van der Waals surface area contributed by atoms with Gasteiger partial charge in [-0.05, 0) is 35.4 Å². The molecular formula is C18H13F2N5. The summed E-state index contributed by atoms with van der Waals surface area (Å²) in [5.41, 5.74) is 4.10. The number of benzene rings is 2. The average Bonchev–Trinajstić information content (AvgIpc) is 3.17. The monoisotopic (exact) mass is 337 g/mol. The number of nitrogens with one attached hydrogen (secondary N) is 2. The van der Waals surface area contributed by atoms with Gasteiger partial charge in [0.1, 0.15) is 5.82 Å². The van der Waals surface area contributed by atoms with Crippen LogP contribution < -0.4 is 5.32 Å². The van der Waals surface area contributed by atoms with Crippen LogP contribution in [0.4, 0.5) is 14.6 Å². The molecule has 0 bridgehead atoms. The molecule has 2 N–H and O–H groups in total. The molecule has 0 aliphatic carbocycles. The van der Waals surface area contributed by atoms with Gasteiger partial charge in [0, 0.05) is 18.3 Å². The first-order valence-corrected chi connectivity index (χ1v) is 7.63. The van der Waals surface area contributed by atoms with Crippen LogP contribution in [0, 0.1) is 11.6 Å². The Bertz CT molecular complexity index is 1030. The minimum atomic E-state index is -0.865. The lowest BCUT2D eigenvalue weighted by Gasteiger charge is -2.07. The fourth-order valence-electron chi connectivity index (χ4n) is 2.53. The average molecular weight is 337 g/mol. The molecule has 0 aliphatic heterocycles. The van der Waals surface area contributed by atoms with E-state index in [9.17, 15) is 8.78 Å². The molecule has 0 amide bonds. The summed E-state index contributed by atoms with van der Waals surface area (Å²) in [6.45, 7) is 0.324. The third kappa shape index (κ3) is 3.16. The van der Waals surface area contributed by atoms with Crippen molar-refractivity contribution in [3.63, 3.8) is 0 Å². The first kappa shape index (κ1) is 15.2. The van der Waals surface area contributed by atoms with Gasteiger partial charge in [-0.2, -0.15) is 5.10 Å². The standard InChI is InChI=1S/C18H13F2N5/c19-14-3-1-11(5-15(14)20)7-22-18-10-21-17-6-12(2-4-16(17)25-18)13-8-23-24-9-13/h1-6,8-10H,7H2,(H,22,25)(H,23,24). The first-order valence-electron chi connectivity index (χ1n) is 7.63. The van der Waals surface area contributed by atoms with Crippen molar-refractivity contribution in [2.45, 2.75) is 6.54 Å². The summed E-state index contributed by atoms with van der Waals surface area (Å²) >= 11 is 0. The van der Waals surface area contributed by atoms with Crippen LogP contribution in [-0.2, 0) is 6.54 Å².